The number of thiazole rings is 1. The fourth-order valence-corrected chi connectivity index (χ4v) is 3.37. The Morgan fingerprint density at radius 1 is 1.44 bits per heavy atom. The van der Waals surface area contributed by atoms with Gasteiger partial charge in [0.2, 0.25) is 5.75 Å². The summed E-state index contributed by atoms with van der Waals surface area (Å²) in [6.45, 7) is 3.87. The standard InChI is InChI=1S/C17H15N3O4S/c1-3-24-16-13(7-11(2)8-15(16)20(22)23)14-10-25-17(18-14)19-6-4-5-12(19)9-21/h4-10H,3H2,1-2H3. The van der Waals surface area contributed by atoms with Gasteiger partial charge in [-0.15, -0.1) is 11.3 Å². The Kier molecular flexibility index (Phi) is 4.62. The Labute approximate surface area is 147 Å². The highest BCUT2D eigenvalue weighted by Crippen LogP contribution is 2.40. The molecule has 0 saturated carbocycles. The molecule has 2 aromatic heterocycles. The van der Waals surface area contributed by atoms with Gasteiger partial charge in [0.1, 0.15) is 0 Å². The molecule has 0 fully saturated rings. The third-order valence-electron chi connectivity index (χ3n) is 3.57. The van der Waals surface area contributed by atoms with E-state index in [1.165, 1.54) is 17.4 Å². The molecule has 0 spiro atoms. The van der Waals surface area contributed by atoms with Crippen LogP contribution in [0, 0.1) is 17.0 Å². The Bertz CT molecular complexity index is 945. The van der Waals surface area contributed by atoms with Crippen molar-refractivity contribution >= 4 is 23.3 Å². The number of aryl methyl sites for hydroxylation is 1. The average molecular weight is 357 g/mol. The number of carbonyl (C=O) groups is 1. The Balaban J connectivity index is 2.14. The van der Waals surface area contributed by atoms with Crippen molar-refractivity contribution in [2.24, 2.45) is 0 Å². The molecule has 0 radical (unpaired) electrons. The van der Waals surface area contributed by atoms with E-state index in [1.54, 1.807) is 42.1 Å². The lowest BCUT2D eigenvalue weighted by atomic mass is 10.1. The molecule has 128 valence electrons. The van der Waals surface area contributed by atoms with Gasteiger partial charge in [-0.3, -0.25) is 19.5 Å². The van der Waals surface area contributed by atoms with Gasteiger partial charge in [0.25, 0.3) is 0 Å². The highest BCUT2D eigenvalue weighted by Gasteiger charge is 2.23. The quantitative estimate of drug-likeness (QED) is 0.378. The molecule has 0 saturated heterocycles. The zero-order valence-electron chi connectivity index (χ0n) is 13.6. The van der Waals surface area contributed by atoms with Gasteiger partial charge >= 0.3 is 5.69 Å². The van der Waals surface area contributed by atoms with Crippen molar-refractivity contribution in [3.05, 3.63) is 57.2 Å². The highest BCUT2D eigenvalue weighted by molar-refractivity contribution is 7.12. The summed E-state index contributed by atoms with van der Waals surface area (Å²) in [4.78, 5) is 26.6. The molecule has 7 nitrogen and oxygen atoms in total. The third kappa shape index (κ3) is 3.16. The molecule has 1 aromatic carbocycles. The van der Waals surface area contributed by atoms with Gasteiger partial charge in [0.15, 0.2) is 11.4 Å². The van der Waals surface area contributed by atoms with Crippen LogP contribution in [0.3, 0.4) is 0 Å². The van der Waals surface area contributed by atoms with Crippen molar-refractivity contribution in [2.45, 2.75) is 13.8 Å². The molecule has 3 rings (SSSR count). The summed E-state index contributed by atoms with van der Waals surface area (Å²) in [7, 11) is 0. The number of aromatic nitrogens is 2. The Hall–Kier alpha value is -3.00. The molecule has 0 aliphatic rings. The van der Waals surface area contributed by atoms with Crippen LogP contribution in [0.4, 0.5) is 5.69 Å². The lowest BCUT2D eigenvalue weighted by molar-refractivity contribution is -0.385. The van der Waals surface area contributed by atoms with E-state index in [4.69, 9.17) is 4.74 Å². The van der Waals surface area contributed by atoms with Crippen molar-refractivity contribution in [1.82, 2.24) is 9.55 Å². The predicted octanol–water partition coefficient (Wildman–Crippen LogP) is 4.03. The first-order chi connectivity index (χ1) is 12.0. The second-order valence-corrected chi connectivity index (χ2v) is 6.12. The largest absolute Gasteiger partial charge is 0.487 e. The van der Waals surface area contributed by atoms with Crippen LogP contribution in [-0.4, -0.2) is 27.4 Å². The molecule has 0 aliphatic heterocycles. The summed E-state index contributed by atoms with van der Waals surface area (Å²) in [5, 5.41) is 13.8. The molecular formula is C17H15N3O4S. The van der Waals surface area contributed by atoms with E-state index < -0.39 is 4.92 Å². The molecule has 0 N–H and O–H groups in total. The summed E-state index contributed by atoms with van der Waals surface area (Å²) in [5.41, 5.74) is 2.29. The second kappa shape index (κ2) is 6.86. The summed E-state index contributed by atoms with van der Waals surface area (Å²) in [5.74, 6) is 0.207. The van der Waals surface area contributed by atoms with Crippen molar-refractivity contribution in [3.8, 4) is 22.1 Å². The number of carbonyl (C=O) groups excluding carboxylic acids is 1. The number of nitrogens with zero attached hydrogens (tertiary/aromatic N) is 3. The van der Waals surface area contributed by atoms with E-state index >= 15 is 0 Å². The van der Waals surface area contributed by atoms with E-state index in [1.807, 2.05) is 6.07 Å². The first-order valence-corrected chi connectivity index (χ1v) is 8.43. The summed E-state index contributed by atoms with van der Waals surface area (Å²) < 4.78 is 7.22. The summed E-state index contributed by atoms with van der Waals surface area (Å²) in [6, 6.07) is 6.75. The molecule has 3 aromatic rings. The monoisotopic (exact) mass is 357 g/mol. The molecule has 25 heavy (non-hydrogen) atoms. The van der Waals surface area contributed by atoms with Gasteiger partial charge in [0.05, 0.1) is 28.5 Å². The first-order valence-electron chi connectivity index (χ1n) is 7.55. The number of hydrogen-bond donors (Lipinski definition) is 0. The smallest absolute Gasteiger partial charge is 0.311 e. The topological polar surface area (TPSA) is 87.3 Å². The molecule has 0 bridgehead atoms. The lowest BCUT2D eigenvalue weighted by Gasteiger charge is -2.10. The van der Waals surface area contributed by atoms with E-state index in [0.717, 1.165) is 11.8 Å². The fourth-order valence-electron chi connectivity index (χ4n) is 2.54. The van der Waals surface area contributed by atoms with E-state index in [2.05, 4.69) is 4.98 Å². The number of nitro benzene ring substituents is 1. The molecule has 0 aliphatic carbocycles. The molecule has 2 heterocycles. The minimum absolute atomic E-state index is 0.0825. The number of aldehydes is 1. The highest BCUT2D eigenvalue weighted by atomic mass is 32.1. The van der Waals surface area contributed by atoms with Gasteiger partial charge in [0, 0.05) is 17.6 Å². The van der Waals surface area contributed by atoms with Gasteiger partial charge in [-0.1, -0.05) is 0 Å². The van der Waals surface area contributed by atoms with Crippen LogP contribution in [0.5, 0.6) is 5.75 Å². The van der Waals surface area contributed by atoms with Crippen molar-refractivity contribution in [2.75, 3.05) is 6.61 Å². The fraction of sp³-hybridized carbons (Fsp3) is 0.176. The van der Waals surface area contributed by atoms with Crippen LogP contribution in [0.1, 0.15) is 23.0 Å². The van der Waals surface area contributed by atoms with Crippen LogP contribution in [0.25, 0.3) is 16.4 Å². The number of nitro groups is 1. The molecule has 8 heteroatoms. The molecular weight excluding hydrogens is 342 g/mol. The van der Waals surface area contributed by atoms with Gasteiger partial charge < -0.3 is 4.74 Å². The molecule has 0 amide bonds. The number of rotatable bonds is 6. The van der Waals surface area contributed by atoms with E-state index in [-0.39, 0.29) is 11.4 Å². The zero-order chi connectivity index (χ0) is 18.0. The third-order valence-corrected chi connectivity index (χ3v) is 4.41. The first kappa shape index (κ1) is 16.8. The SMILES string of the molecule is CCOc1c(-c2csc(-n3cccc3C=O)n2)cc(C)cc1[N+](=O)[O-]. The average Bonchev–Trinajstić information content (AvgIpc) is 3.24. The summed E-state index contributed by atoms with van der Waals surface area (Å²) in [6.07, 6.45) is 2.50. The second-order valence-electron chi connectivity index (χ2n) is 5.29. The van der Waals surface area contributed by atoms with Gasteiger partial charge in [-0.25, -0.2) is 4.98 Å². The lowest BCUT2D eigenvalue weighted by Crippen LogP contribution is -2.01. The maximum Gasteiger partial charge on any atom is 0.311 e. The van der Waals surface area contributed by atoms with Crippen molar-refractivity contribution in [1.29, 1.82) is 0 Å². The Morgan fingerprint density at radius 2 is 2.24 bits per heavy atom. The molecule has 0 atom stereocenters. The maximum absolute atomic E-state index is 11.4. The number of ether oxygens (including phenoxy) is 1. The van der Waals surface area contributed by atoms with Crippen molar-refractivity contribution in [3.63, 3.8) is 0 Å². The van der Waals surface area contributed by atoms with Crippen LogP contribution in [0.15, 0.2) is 35.8 Å². The number of hydrogen-bond acceptors (Lipinski definition) is 6. The van der Waals surface area contributed by atoms with Crippen LogP contribution >= 0.6 is 11.3 Å². The summed E-state index contributed by atoms with van der Waals surface area (Å²) >= 11 is 1.35. The van der Waals surface area contributed by atoms with E-state index in [0.29, 0.717) is 28.7 Å². The van der Waals surface area contributed by atoms with E-state index in [9.17, 15) is 14.9 Å². The maximum atomic E-state index is 11.4. The minimum atomic E-state index is -0.453. The Morgan fingerprint density at radius 3 is 2.92 bits per heavy atom. The van der Waals surface area contributed by atoms with Gasteiger partial charge in [-0.05, 0) is 37.6 Å². The van der Waals surface area contributed by atoms with Crippen LogP contribution in [-0.2, 0) is 0 Å². The zero-order valence-corrected chi connectivity index (χ0v) is 14.4. The van der Waals surface area contributed by atoms with Gasteiger partial charge in [-0.2, -0.15) is 0 Å². The van der Waals surface area contributed by atoms with Crippen LogP contribution < -0.4 is 4.74 Å². The number of benzene rings is 1. The molecule has 0 unspecified atom stereocenters. The van der Waals surface area contributed by atoms with Crippen LogP contribution in [0.2, 0.25) is 0 Å². The normalized spacial score (nSPS) is 10.6. The predicted molar refractivity (Wildman–Crippen MR) is 94.8 cm³/mol. The minimum Gasteiger partial charge on any atom is -0.487 e. The van der Waals surface area contributed by atoms with Crippen molar-refractivity contribution < 1.29 is 14.5 Å².